The van der Waals surface area contributed by atoms with Crippen LogP contribution in [0.15, 0.2) is 0 Å². The fourth-order valence-corrected chi connectivity index (χ4v) is 1.08. The van der Waals surface area contributed by atoms with Crippen LogP contribution < -0.4 is 4.72 Å². The average molecular weight is 207 g/mol. The van der Waals surface area contributed by atoms with Crippen LogP contribution in [0.25, 0.3) is 0 Å². The topological polar surface area (TPSA) is 12.0 Å². The van der Waals surface area contributed by atoms with E-state index in [9.17, 15) is 0 Å². The Morgan fingerprint density at radius 3 is 1.77 bits per heavy atom. The number of hydrogen-bond acceptors (Lipinski definition) is 2. The van der Waals surface area contributed by atoms with Crippen LogP contribution in [0.4, 0.5) is 0 Å². The second kappa shape index (κ2) is 29.5. The van der Waals surface area contributed by atoms with Crippen LogP contribution in [0.5, 0.6) is 0 Å². The van der Waals surface area contributed by atoms with E-state index in [-0.39, 0.29) is 0 Å². The quantitative estimate of drug-likeness (QED) is 0.527. The van der Waals surface area contributed by atoms with Gasteiger partial charge in [-0.2, -0.15) is 0 Å². The molecule has 0 aromatic carbocycles. The molecule has 0 bridgehead atoms. The summed E-state index contributed by atoms with van der Waals surface area (Å²) in [5, 5.41) is 0. The summed E-state index contributed by atoms with van der Waals surface area (Å²) in [6, 6.07) is 0. The van der Waals surface area contributed by atoms with Crippen molar-refractivity contribution < 1.29 is 0 Å². The van der Waals surface area contributed by atoms with Gasteiger partial charge in [-0.1, -0.05) is 65.8 Å². The second-order valence-electron chi connectivity index (χ2n) is 2.47. The predicted octanol–water partition coefficient (Wildman–Crippen LogP) is 4.49. The fraction of sp³-hybridized carbons (Fsp3) is 1.00. The van der Waals surface area contributed by atoms with Gasteiger partial charge < -0.3 is 0 Å². The first-order valence-corrected chi connectivity index (χ1v) is 6.60. The van der Waals surface area contributed by atoms with Crippen molar-refractivity contribution in [3.05, 3.63) is 0 Å². The third kappa shape index (κ3) is 46.4. The molecule has 0 radical (unpaired) electrons. The first-order valence-electron chi connectivity index (χ1n) is 5.61. The van der Waals surface area contributed by atoms with Gasteiger partial charge in [0.15, 0.2) is 0 Å². The first kappa shape index (κ1) is 19.0. The van der Waals surface area contributed by atoms with Crippen LogP contribution in [0.3, 0.4) is 0 Å². The zero-order valence-corrected chi connectivity index (χ0v) is 11.3. The van der Waals surface area contributed by atoms with Gasteiger partial charge in [-0.15, -0.1) is 0 Å². The zero-order valence-electron chi connectivity index (χ0n) is 10.4. The average Bonchev–Trinajstić information content (AvgIpc) is 2.17. The molecular weight excluding hydrogens is 178 g/mol. The highest BCUT2D eigenvalue weighted by atomic mass is 32.2. The lowest BCUT2D eigenvalue weighted by Gasteiger charge is -1.95. The molecule has 0 aliphatic carbocycles. The van der Waals surface area contributed by atoms with Crippen LogP contribution in [0, 0.1) is 0 Å². The van der Waals surface area contributed by atoms with Crippen LogP contribution >= 0.6 is 11.9 Å². The lowest BCUT2D eigenvalue weighted by molar-refractivity contribution is 0.778. The van der Waals surface area contributed by atoms with Crippen LogP contribution in [0.2, 0.25) is 0 Å². The summed E-state index contributed by atoms with van der Waals surface area (Å²) in [5.41, 5.74) is 0. The lowest BCUT2D eigenvalue weighted by Crippen LogP contribution is -1.93. The van der Waals surface area contributed by atoms with E-state index in [4.69, 9.17) is 0 Å². The standard InChI is InChI=1S/C6H15NS.C3H8.C2H6/c1-3-4-5-6-8-7-2;1-3-2;1-2/h7H,3-6H2,1-2H3;3H2,1-2H3;1-2H3. The van der Waals surface area contributed by atoms with Crippen molar-refractivity contribution in [3.63, 3.8) is 0 Å². The van der Waals surface area contributed by atoms with Crippen molar-refractivity contribution in [2.75, 3.05) is 12.8 Å². The predicted molar refractivity (Wildman–Crippen MR) is 68.4 cm³/mol. The summed E-state index contributed by atoms with van der Waals surface area (Å²) in [6.07, 6.45) is 5.29. The minimum Gasteiger partial charge on any atom is -0.267 e. The molecular formula is C11H29NS. The Morgan fingerprint density at radius 2 is 1.46 bits per heavy atom. The number of rotatable bonds is 5. The largest absolute Gasteiger partial charge is 0.267 e. The Hall–Kier alpha value is 0.310. The Labute approximate surface area is 90.2 Å². The van der Waals surface area contributed by atoms with Crippen LogP contribution in [0.1, 0.15) is 60.3 Å². The van der Waals surface area contributed by atoms with Crippen molar-refractivity contribution in [2.24, 2.45) is 0 Å². The minimum absolute atomic E-state index is 1.25. The lowest BCUT2D eigenvalue weighted by atomic mass is 10.3. The van der Waals surface area contributed by atoms with E-state index in [1.54, 1.807) is 11.9 Å². The number of hydrogen-bond donors (Lipinski definition) is 1. The fourth-order valence-electron chi connectivity index (χ4n) is 0.526. The maximum absolute atomic E-state index is 3.04. The van der Waals surface area contributed by atoms with Crippen molar-refractivity contribution in [3.8, 4) is 0 Å². The molecule has 0 spiro atoms. The molecule has 0 saturated carbocycles. The van der Waals surface area contributed by atoms with Gasteiger partial charge in [-0.05, 0) is 13.5 Å². The van der Waals surface area contributed by atoms with Gasteiger partial charge in [0, 0.05) is 5.75 Å². The van der Waals surface area contributed by atoms with Crippen LogP contribution in [-0.2, 0) is 0 Å². The molecule has 0 amide bonds. The van der Waals surface area contributed by atoms with E-state index in [1.165, 1.54) is 31.4 Å². The maximum atomic E-state index is 3.04. The Balaban J connectivity index is -0.000000169. The molecule has 0 fully saturated rings. The SMILES string of the molecule is CC.CCC.CCCCCSNC. The second-order valence-corrected chi connectivity index (χ2v) is 3.57. The van der Waals surface area contributed by atoms with E-state index in [1.807, 2.05) is 20.9 Å². The van der Waals surface area contributed by atoms with E-state index in [0.717, 1.165) is 0 Å². The highest BCUT2D eigenvalue weighted by molar-refractivity contribution is 7.97. The summed E-state index contributed by atoms with van der Waals surface area (Å²) in [4.78, 5) is 0. The van der Waals surface area contributed by atoms with Crippen molar-refractivity contribution in [2.45, 2.75) is 60.3 Å². The Morgan fingerprint density at radius 1 is 1.00 bits per heavy atom. The highest BCUT2D eigenvalue weighted by Crippen LogP contribution is 2.00. The Bertz CT molecular complexity index is 43.4. The molecule has 13 heavy (non-hydrogen) atoms. The van der Waals surface area contributed by atoms with Gasteiger partial charge in [-0.3, -0.25) is 4.72 Å². The molecule has 84 valence electrons. The minimum atomic E-state index is 1.25. The third-order valence-corrected chi connectivity index (χ3v) is 1.78. The van der Waals surface area contributed by atoms with Crippen LogP contribution in [-0.4, -0.2) is 12.8 Å². The van der Waals surface area contributed by atoms with Crippen molar-refractivity contribution in [1.82, 2.24) is 4.72 Å². The molecule has 0 aliphatic rings. The smallest absolute Gasteiger partial charge is 0.00785 e. The molecule has 0 rings (SSSR count). The summed E-state index contributed by atoms with van der Waals surface area (Å²) in [6.45, 7) is 10.5. The molecule has 0 atom stereocenters. The van der Waals surface area contributed by atoms with Gasteiger partial charge in [0.1, 0.15) is 0 Å². The molecule has 1 N–H and O–H groups in total. The molecule has 0 aromatic heterocycles. The van der Waals surface area contributed by atoms with Crippen molar-refractivity contribution in [1.29, 1.82) is 0 Å². The van der Waals surface area contributed by atoms with Gasteiger partial charge in [0.2, 0.25) is 0 Å². The molecule has 1 nitrogen and oxygen atoms in total. The molecule has 0 aliphatic heterocycles. The molecule has 0 saturated heterocycles. The molecule has 0 heterocycles. The van der Waals surface area contributed by atoms with E-state index < -0.39 is 0 Å². The van der Waals surface area contributed by atoms with Gasteiger partial charge >= 0.3 is 0 Å². The Kier molecular flexibility index (Phi) is 43.0. The molecule has 0 unspecified atom stereocenters. The summed E-state index contributed by atoms with van der Waals surface area (Å²) in [7, 11) is 1.97. The number of unbranched alkanes of at least 4 members (excludes halogenated alkanes) is 2. The van der Waals surface area contributed by atoms with Gasteiger partial charge in [-0.25, -0.2) is 0 Å². The summed E-state index contributed by atoms with van der Waals surface area (Å²) >= 11 is 1.80. The van der Waals surface area contributed by atoms with E-state index in [2.05, 4.69) is 25.5 Å². The van der Waals surface area contributed by atoms with Gasteiger partial charge in [0.05, 0.1) is 0 Å². The van der Waals surface area contributed by atoms with Crippen molar-refractivity contribution >= 4 is 11.9 Å². The highest BCUT2D eigenvalue weighted by Gasteiger charge is 1.83. The monoisotopic (exact) mass is 207 g/mol. The summed E-state index contributed by atoms with van der Waals surface area (Å²) in [5.74, 6) is 1.25. The summed E-state index contributed by atoms with van der Waals surface area (Å²) < 4.78 is 3.04. The number of nitrogens with one attached hydrogen (secondary N) is 1. The zero-order chi connectivity index (χ0) is 10.9. The normalized spacial score (nSPS) is 7.85. The van der Waals surface area contributed by atoms with E-state index >= 15 is 0 Å². The first-order chi connectivity index (χ1) is 6.33. The molecule has 2 heteroatoms. The maximum Gasteiger partial charge on any atom is 0.00785 e. The third-order valence-electron chi connectivity index (χ3n) is 0.994. The molecule has 0 aromatic rings. The van der Waals surface area contributed by atoms with E-state index in [0.29, 0.717) is 0 Å². The van der Waals surface area contributed by atoms with Gasteiger partial charge in [0.25, 0.3) is 0 Å².